The lowest BCUT2D eigenvalue weighted by atomic mass is 10.0. The largest absolute Gasteiger partial charge is 0.465 e. The number of ether oxygens (including phenoxy) is 1. The van der Waals surface area contributed by atoms with Gasteiger partial charge in [0.25, 0.3) is 0 Å². The molecule has 2 saturated heterocycles. The van der Waals surface area contributed by atoms with Gasteiger partial charge < -0.3 is 4.74 Å². The van der Waals surface area contributed by atoms with Crippen LogP contribution >= 0.6 is 0 Å². The van der Waals surface area contributed by atoms with Crippen molar-refractivity contribution in [1.82, 2.24) is 9.80 Å². The summed E-state index contributed by atoms with van der Waals surface area (Å²) < 4.78 is 5.04. The smallest absolute Gasteiger partial charge is 0.320 e. The van der Waals surface area contributed by atoms with E-state index in [-0.39, 0.29) is 5.97 Å². The number of rotatable bonds is 5. The molecule has 0 aromatic heterocycles. The van der Waals surface area contributed by atoms with Crippen molar-refractivity contribution in [3.05, 3.63) is 35.9 Å². The van der Waals surface area contributed by atoms with Crippen LogP contribution in [-0.2, 0) is 16.1 Å². The summed E-state index contributed by atoms with van der Waals surface area (Å²) in [5, 5.41) is 0. The molecule has 2 atom stereocenters. The van der Waals surface area contributed by atoms with Crippen LogP contribution in [0.5, 0.6) is 0 Å². The van der Waals surface area contributed by atoms with Crippen LogP contribution in [0.25, 0.3) is 0 Å². The highest BCUT2D eigenvalue weighted by Crippen LogP contribution is 2.31. The van der Waals surface area contributed by atoms with E-state index in [9.17, 15) is 4.79 Å². The number of likely N-dealkylation sites (tertiary alicyclic amines) is 2. The van der Waals surface area contributed by atoms with Gasteiger partial charge in [-0.15, -0.1) is 0 Å². The Hall–Kier alpha value is -1.39. The fourth-order valence-corrected chi connectivity index (χ4v) is 3.68. The molecule has 2 aliphatic heterocycles. The van der Waals surface area contributed by atoms with Crippen molar-refractivity contribution in [2.45, 2.75) is 13.5 Å². The Bertz CT molecular complexity index is 463. The zero-order chi connectivity index (χ0) is 14.7. The van der Waals surface area contributed by atoms with Crippen molar-refractivity contribution in [3.63, 3.8) is 0 Å². The Kier molecular flexibility index (Phi) is 4.56. The number of hydrogen-bond donors (Lipinski definition) is 0. The number of esters is 1. The third-order valence-corrected chi connectivity index (χ3v) is 4.54. The van der Waals surface area contributed by atoms with Gasteiger partial charge in [0.05, 0.1) is 13.2 Å². The highest BCUT2D eigenvalue weighted by atomic mass is 16.5. The van der Waals surface area contributed by atoms with Gasteiger partial charge in [-0.1, -0.05) is 30.3 Å². The number of carbonyl (C=O) groups excluding carboxylic acids is 1. The molecule has 1 aromatic rings. The molecular formula is C17H24N2O2. The van der Waals surface area contributed by atoms with Crippen LogP contribution in [-0.4, -0.2) is 55.1 Å². The first kappa shape index (κ1) is 14.5. The highest BCUT2D eigenvalue weighted by molar-refractivity contribution is 5.71. The van der Waals surface area contributed by atoms with Gasteiger partial charge in [0.1, 0.15) is 0 Å². The summed E-state index contributed by atoms with van der Waals surface area (Å²) in [5.74, 6) is 1.34. The molecule has 21 heavy (non-hydrogen) atoms. The molecule has 2 fully saturated rings. The lowest BCUT2D eigenvalue weighted by Crippen LogP contribution is -2.33. The maximum Gasteiger partial charge on any atom is 0.320 e. The molecule has 2 aliphatic rings. The van der Waals surface area contributed by atoms with Crippen molar-refractivity contribution in [3.8, 4) is 0 Å². The second kappa shape index (κ2) is 6.58. The van der Waals surface area contributed by atoms with Crippen molar-refractivity contribution in [2.24, 2.45) is 11.8 Å². The molecule has 4 nitrogen and oxygen atoms in total. The number of hydrogen-bond acceptors (Lipinski definition) is 4. The lowest BCUT2D eigenvalue weighted by Gasteiger charge is -2.20. The first-order chi connectivity index (χ1) is 10.2. The molecule has 0 bridgehead atoms. The van der Waals surface area contributed by atoms with Gasteiger partial charge in [-0.3, -0.25) is 14.6 Å². The topological polar surface area (TPSA) is 32.8 Å². The average Bonchev–Trinajstić information content (AvgIpc) is 2.97. The quantitative estimate of drug-likeness (QED) is 0.771. The molecule has 0 spiro atoms. The van der Waals surface area contributed by atoms with Crippen LogP contribution in [0.3, 0.4) is 0 Å². The summed E-state index contributed by atoms with van der Waals surface area (Å²) in [4.78, 5) is 16.4. The summed E-state index contributed by atoms with van der Waals surface area (Å²) in [7, 11) is 0. The molecule has 2 unspecified atom stereocenters. The third kappa shape index (κ3) is 3.63. The molecule has 4 heteroatoms. The zero-order valence-corrected chi connectivity index (χ0v) is 12.7. The van der Waals surface area contributed by atoms with E-state index in [0.29, 0.717) is 25.0 Å². The van der Waals surface area contributed by atoms with Crippen molar-refractivity contribution >= 4 is 5.97 Å². The summed E-state index contributed by atoms with van der Waals surface area (Å²) in [6.07, 6.45) is 0. The SMILES string of the molecule is CCOC(=O)CN1CC2CN(Cc3ccccc3)CC2C1. The zero-order valence-electron chi connectivity index (χ0n) is 12.7. The maximum absolute atomic E-state index is 11.5. The molecule has 2 heterocycles. The van der Waals surface area contributed by atoms with Gasteiger partial charge in [0.2, 0.25) is 0 Å². The van der Waals surface area contributed by atoms with Crippen LogP contribution in [0.4, 0.5) is 0 Å². The molecule has 0 aliphatic carbocycles. The minimum atomic E-state index is -0.0846. The Morgan fingerprint density at radius 3 is 2.33 bits per heavy atom. The maximum atomic E-state index is 11.5. The summed E-state index contributed by atoms with van der Waals surface area (Å²) in [5.41, 5.74) is 1.39. The minimum absolute atomic E-state index is 0.0846. The summed E-state index contributed by atoms with van der Waals surface area (Å²) >= 11 is 0. The van der Waals surface area contributed by atoms with Gasteiger partial charge in [-0.2, -0.15) is 0 Å². The van der Waals surface area contributed by atoms with Crippen LogP contribution in [0, 0.1) is 11.8 Å². The Balaban J connectivity index is 1.47. The number of carbonyl (C=O) groups is 1. The highest BCUT2D eigenvalue weighted by Gasteiger charge is 2.40. The second-order valence-electron chi connectivity index (χ2n) is 6.20. The van der Waals surface area contributed by atoms with Gasteiger partial charge >= 0.3 is 5.97 Å². The molecule has 0 radical (unpaired) electrons. The van der Waals surface area contributed by atoms with Crippen LogP contribution < -0.4 is 0 Å². The normalized spacial score (nSPS) is 26.0. The van der Waals surface area contributed by atoms with Gasteiger partial charge in [0.15, 0.2) is 0 Å². The van der Waals surface area contributed by atoms with E-state index < -0.39 is 0 Å². The summed E-state index contributed by atoms with van der Waals surface area (Å²) in [6.45, 7) is 8.22. The average molecular weight is 288 g/mol. The molecule has 0 saturated carbocycles. The first-order valence-electron chi connectivity index (χ1n) is 7.89. The van der Waals surface area contributed by atoms with E-state index in [2.05, 4.69) is 40.1 Å². The van der Waals surface area contributed by atoms with Crippen LogP contribution in [0.15, 0.2) is 30.3 Å². The number of fused-ring (bicyclic) bond motifs is 1. The predicted molar refractivity (Wildman–Crippen MR) is 81.8 cm³/mol. The Morgan fingerprint density at radius 1 is 1.10 bits per heavy atom. The third-order valence-electron chi connectivity index (χ3n) is 4.54. The fourth-order valence-electron chi connectivity index (χ4n) is 3.68. The van der Waals surface area contributed by atoms with E-state index in [0.717, 1.165) is 32.7 Å². The van der Waals surface area contributed by atoms with Gasteiger partial charge in [0, 0.05) is 32.7 Å². The minimum Gasteiger partial charge on any atom is -0.465 e. The second-order valence-corrected chi connectivity index (χ2v) is 6.20. The first-order valence-corrected chi connectivity index (χ1v) is 7.89. The molecule has 0 amide bonds. The molecule has 114 valence electrons. The lowest BCUT2D eigenvalue weighted by molar-refractivity contribution is -0.144. The monoisotopic (exact) mass is 288 g/mol. The van der Waals surface area contributed by atoms with Crippen molar-refractivity contribution < 1.29 is 9.53 Å². The van der Waals surface area contributed by atoms with Gasteiger partial charge in [-0.05, 0) is 24.3 Å². The predicted octanol–water partition coefficient (Wildman–Crippen LogP) is 1.61. The van der Waals surface area contributed by atoms with Crippen LogP contribution in [0.1, 0.15) is 12.5 Å². The van der Waals surface area contributed by atoms with Gasteiger partial charge in [-0.25, -0.2) is 0 Å². The van der Waals surface area contributed by atoms with E-state index in [4.69, 9.17) is 4.74 Å². The Morgan fingerprint density at radius 2 is 1.71 bits per heavy atom. The standard InChI is InChI=1S/C17H24N2O2/c1-2-21-17(20)13-19-11-15-9-18(10-16(15)12-19)8-14-6-4-3-5-7-14/h3-7,15-16H,2,8-13H2,1H3. The van der Waals surface area contributed by atoms with Crippen LogP contribution in [0.2, 0.25) is 0 Å². The molecular weight excluding hydrogens is 264 g/mol. The van der Waals surface area contributed by atoms with Crippen molar-refractivity contribution in [2.75, 3.05) is 39.3 Å². The van der Waals surface area contributed by atoms with E-state index in [1.165, 1.54) is 5.56 Å². The Labute approximate surface area is 126 Å². The number of nitrogens with zero attached hydrogens (tertiary/aromatic N) is 2. The molecule has 3 rings (SSSR count). The molecule has 1 aromatic carbocycles. The fraction of sp³-hybridized carbons (Fsp3) is 0.588. The molecule has 0 N–H and O–H groups in total. The van der Waals surface area contributed by atoms with E-state index in [1.807, 2.05) is 6.92 Å². The van der Waals surface area contributed by atoms with E-state index >= 15 is 0 Å². The number of benzene rings is 1. The summed E-state index contributed by atoms with van der Waals surface area (Å²) in [6, 6.07) is 10.7. The van der Waals surface area contributed by atoms with E-state index in [1.54, 1.807) is 0 Å². The van der Waals surface area contributed by atoms with Crippen molar-refractivity contribution in [1.29, 1.82) is 0 Å².